The van der Waals surface area contributed by atoms with Crippen LogP contribution in [0.15, 0.2) is 18.2 Å². The van der Waals surface area contributed by atoms with Gasteiger partial charge in [-0.15, -0.1) is 11.3 Å². The zero-order valence-corrected chi connectivity index (χ0v) is 12.8. The van der Waals surface area contributed by atoms with Crippen LogP contribution in [0.1, 0.15) is 29.0 Å². The number of nitrogens with zero attached hydrogens (tertiary/aromatic N) is 2. The summed E-state index contributed by atoms with van der Waals surface area (Å²) in [6.07, 6.45) is 2.29. The lowest BCUT2D eigenvalue weighted by Crippen LogP contribution is -2.38. The van der Waals surface area contributed by atoms with Crippen LogP contribution >= 0.6 is 11.3 Å². The topological polar surface area (TPSA) is 28.2 Å². The fourth-order valence-electron chi connectivity index (χ4n) is 3.63. The van der Waals surface area contributed by atoms with E-state index in [-0.39, 0.29) is 0 Å². The molecule has 2 aromatic rings. The van der Waals surface area contributed by atoms with Crippen LogP contribution in [0.5, 0.6) is 0 Å². The van der Waals surface area contributed by atoms with Gasteiger partial charge in [-0.05, 0) is 24.1 Å². The van der Waals surface area contributed by atoms with Gasteiger partial charge in [0.1, 0.15) is 0 Å². The highest BCUT2D eigenvalue weighted by molar-refractivity contribution is 7.16. The van der Waals surface area contributed by atoms with Gasteiger partial charge in [0.05, 0.1) is 5.69 Å². The van der Waals surface area contributed by atoms with E-state index in [1.165, 1.54) is 34.7 Å². The first-order valence-corrected chi connectivity index (χ1v) is 8.17. The maximum absolute atomic E-state index is 4.78. The summed E-state index contributed by atoms with van der Waals surface area (Å²) in [7, 11) is 1.95. The summed E-state index contributed by atoms with van der Waals surface area (Å²) in [5.74, 6) is 0. The van der Waals surface area contributed by atoms with Crippen molar-refractivity contribution in [2.75, 3.05) is 25.5 Å². The number of aromatic nitrogens is 1. The molecule has 20 heavy (non-hydrogen) atoms. The third-order valence-corrected chi connectivity index (χ3v) is 5.69. The van der Waals surface area contributed by atoms with Gasteiger partial charge in [0.15, 0.2) is 5.13 Å². The lowest BCUT2D eigenvalue weighted by molar-refractivity contribution is 0.193. The molecule has 2 heterocycles. The Kier molecular flexibility index (Phi) is 2.82. The van der Waals surface area contributed by atoms with Crippen molar-refractivity contribution in [3.8, 4) is 11.3 Å². The second-order valence-corrected chi connectivity index (χ2v) is 6.60. The Balaban J connectivity index is 1.93. The molecule has 0 amide bonds. The largest absolute Gasteiger partial charge is 0.365 e. The van der Waals surface area contributed by atoms with Gasteiger partial charge in [-0.25, -0.2) is 4.98 Å². The molecule has 0 saturated carbocycles. The molecule has 1 aliphatic carbocycles. The Bertz CT molecular complexity index is 662. The summed E-state index contributed by atoms with van der Waals surface area (Å²) in [5.41, 5.74) is 5.65. The zero-order valence-electron chi connectivity index (χ0n) is 11.9. The molecular weight excluding hydrogens is 266 g/mol. The van der Waals surface area contributed by atoms with Gasteiger partial charge < -0.3 is 5.32 Å². The van der Waals surface area contributed by atoms with Crippen LogP contribution in [0.4, 0.5) is 5.13 Å². The third-order valence-electron chi connectivity index (χ3n) is 4.59. The molecule has 0 fully saturated rings. The predicted octanol–water partition coefficient (Wildman–Crippen LogP) is 3.33. The molecule has 0 spiro atoms. The fraction of sp³-hybridized carbons (Fsp3) is 0.438. The van der Waals surface area contributed by atoms with Crippen LogP contribution in [-0.4, -0.2) is 30.0 Å². The maximum Gasteiger partial charge on any atom is 0.183 e. The standard InChI is InChI=1S/C16H19N3S/c1-3-19-8-7-10-5-4-6-11-14(10)12(19)9-13-15(11)18-16(17-2)20-13/h4-6,12H,3,7-9H2,1-2H3,(H,17,18). The first-order chi connectivity index (χ1) is 9.81. The van der Waals surface area contributed by atoms with E-state index in [2.05, 4.69) is 35.3 Å². The Morgan fingerprint density at radius 1 is 1.45 bits per heavy atom. The molecule has 4 rings (SSSR count). The lowest BCUT2D eigenvalue weighted by atomic mass is 9.81. The average Bonchev–Trinajstić information content (AvgIpc) is 2.91. The summed E-state index contributed by atoms with van der Waals surface area (Å²) >= 11 is 1.81. The molecule has 104 valence electrons. The SMILES string of the molecule is CCN1CCc2cccc3c2C1Cc1sc(NC)nc1-3. The summed E-state index contributed by atoms with van der Waals surface area (Å²) in [6, 6.07) is 7.30. The minimum Gasteiger partial charge on any atom is -0.365 e. The van der Waals surface area contributed by atoms with Crippen molar-refractivity contribution in [1.29, 1.82) is 0 Å². The second-order valence-electron chi connectivity index (χ2n) is 5.52. The number of nitrogens with one attached hydrogen (secondary N) is 1. The quantitative estimate of drug-likeness (QED) is 0.917. The van der Waals surface area contributed by atoms with Crippen LogP contribution in [0.3, 0.4) is 0 Å². The highest BCUT2D eigenvalue weighted by atomic mass is 32.1. The van der Waals surface area contributed by atoms with Crippen molar-refractivity contribution in [2.45, 2.75) is 25.8 Å². The Morgan fingerprint density at radius 3 is 3.15 bits per heavy atom. The maximum atomic E-state index is 4.78. The molecule has 1 aliphatic heterocycles. The number of hydrogen-bond acceptors (Lipinski definition) is 4. The van der Waals surface area contributed by atoms with Gasteiger partial charge in [0.25, 0.3) is 0 Å². The monoisotopic (exact) mass is 285 g/mol. The van der Waals surface area contributed by atoms with Gasteiger partial charge in [0, 0.05) is 36.5 Å². The van der Waals surface area contributed by atoms with Crippen molar-refractivity contribution in [1.82, 2.24) is 9.88 Å². The van der Waals surface area contributed by atoms with E-state index < -0.39 is 0 Å². The van der Waals surface area contributed by atoms with Crippen LogP contribution in [0, 0.1) is 0 Å². The van der Waals surface area contributed by atoms with Crippen molar-refractivity contribution < 1.29 is 0 Å². The highest BCUT2D eigenvalue weighted by Crippen LogP contribution is 2.47. The van der Waals surface area contributed by atoms with E-state index in [1.54, 1.807) is 5.56 Å². The van der Waals surface area contributed by atoms with Crippen molar-refractivity contribution in [3.05, 3.63) is 34.2 Å². The molecule has 1 unspecified atom stereocenters. The molecule has 0 saturated heterocycles. The minimum atomic E-state index is 0.553. The number of thiazole rings is 1. The number of likely N-dealkylation sites (N-methyl/N-ethyl adjacent to an activating group) is 1. The smallest absolute Gasteiger partial charge is 0.183 e. The number of hydrogen-bond donors (Lipinski definition) is 1. The lowest BCUT2D eigenvalue weighted by Gasteiger charge is -2.40. The molecule has 1 N–H and O–H groups in total. The van der Waals surface area contributed by atoms with Gasteiger partial charge in [-0.3, -0.25) is 4.90 Å². The first kappa shape index (κ1) is 12.4. The van der Waals surface area contributed by atoms with Crippen LogP contribution in [-0.2, 0) is 12.8 Å². The van der Waals surface area contributed by atoms with E-state index in [1.807, 2.05) is 18.4 Å². The molecule has 0 bridgehead atoms. The Hall–Kier alpha value is -1.39. The molecule has 0 radical (unpaired) electrons. The average molecular weight is 285 g/mol. The molecule has 2 aliphatic rings. The summed E-state index contributed by atoms with van der Waals surface area (Å²) in [6.45, 7) is 4.59. The fourth-order valence-corrected chi connectivity index (χ4v) is 4.59. The van der Waals surface area contributed by atoms with Crippen molar-refractivity contribution in [2.24, 2.45) is 0 Å². The van der Waals surface area contributed by atoms with Gasteiger partial charge in [0.2, 0.25) is 0 Å². The van der Waals surface area contributed by atoms with E-state index in [9.17, 15) is 0 Å². The Morgan fingerprint density at radius 2 is 2.35 bits per heavy atom. The van der Waals surface area contributed by atoms with Crippen LogP contribution in [0.25, 0.3) is 11.3 Å². The molecule has 1 aromatic heterocycles. The molecule has 1 atom stereocenters. The molecule has 1 aromatic carbocycles. The van der Waals surface area contributed by atoms with Crippen molar-refractivity contribution in [3.63, 3.8) is 0 Å². The zero-order chi connectivity index (χ0) is 13.7. The first-order valence-electron chi connectivity index (χ1n) is 7.35. The predicted molar refractivity (Wildman–Crippen MR) is 84.5 cm³/mol. The summed E-state index contributed by atoms with van der Waals surface area (Å²) in [4.78, 5) is 8.84. The van der Waals surface area contributed by atoms with Gasteiger partial charge >= 0.3 is 0 Å². The van der Waals surface area contributed by atoms with E-state index in [0.29, 0.717) is 6.04 Å². The van der Waals surface area contributed by atoms with Crippen LogP contribution in [0.2, 0.25) is 0 Å². The minimum absolute atomic E-state index is 0.553. The molecule has 3 nitrogen and oxygen atoms in total. The summed E-state index contributed by atoms with van der Waals surface area (Å²) in [5, 5.41) is 4.23. The normalized spacial score (nSPS) is 20.4. The second kappa shape index (κ2) is 4.57. The van der Waals surface area contributed by atoms with E-state index >= 15 is 0 Å². The van der Waals surface area contributed by atoms with Gasteiger partial charge in [-0.1, -0.05) is 25.1 Å². The third kappa shape index (κ3) is 1.64. The van der Waals surface area contributed by atoms with Gasteiger partial charge in [-0.2, -0.15) is 0 Å². The number of anilines is 1. The number of benzene rings is 1. The molecular formula is C16H19N3S. The van der Waals surface area contributed by atoms with E-state index in [4.69, 9.17) is 4.98 Å². The number of rotatable bonds is 2. The number of fused-ring (bicyclic) bond motifs is 2. The summed E-state index contributed by atoms with van der Waals surface area (Å²) < 4.78 is 0. The van der Waals surface area contributed by atoms with Crippen LogP contribution < -0.4 is 5.32 Å². The van der Waals surface area contributed by atoms with E-state index in [0.717, 1.165) is 18.1 Å². The molecule has 4 heteroatoms. The Labute approximate surface area is 123 Å². The highest BCUT2D eigenvalue weighted by Gasteiger charge is 2.35. The van der Waals surface area contributed by atoms with Crippen molar-refractivity contribution >= 4 is 16.5 Å².